The summed E-state index contributed by atoms with van der Waals surface area (Å²) in [6.07, 6.45) is 0.783. The fraction of sp³-hybridized carbons (Fsp3) is 0.200. The summed E-state index contributed by atoms with van der Waals surface area (Å²) in [5.74, 6) is 0. The number of nitro benzene ring substituents is 1. The van der Waals surface area contributed by atoms with Crippen molar-refractivity contribution in [1.29, 1.82) is 0 Å². The van der Waals surface area contributed by atoms with Gasteiger partial charge in [-0.2, -0.15) is 0 Å². The van der Waals surface area contributed by atoms with Crippen molar-refractivity contribution in [3.8, 4) is 0 Å². The largest absolute Gasteiger partial charge is 0.378 e. The van der Waals surface area contributed by atoms with Crippen molar-refractivity contribution in [3.05, 3.63) is 69.8 Å². The molecule has 2 rings (SSSR count). The fourth-order valence-corrected chi connectivity index (χ4v) is 1.88. The summed E-state index contributed by atoms with van der Waals surface area (Å²) in [6.45, 7) is 0. The van der Waals surface area contributed by atoms with Gasteiger partial charge in [0.1, 0.15) is 0 Å². The second-order valence-electron chi connectivity index (χ2n) is 4.66. The Morgan fingerprint density at radius 1 is 0.947 bits per heavy atom. The minimum absolute atomic E-state index is 0.131. The van der Waals surface area contributed by atoms with Crippen LogP contribution in [-0.2, 0) is 6.42 Å². The Morgan fingerprint density at radius 3 is 1.84 bits per heavy atom. The van der Waals surface area contributed by atoms with E-state index in [0.29, 0.717) is 0 Å². The predicted molar refractivity (Wildman–Crippen MR) is 76.7 cm³/mol. The highest BCUT2D eigenvalue weighted by Gasteiger charge is 2.04. The lowest BCUT2D eigenvalue weighted by molar-refractivity contribution is -0.384. The van der Waals surface area contributed by atoms with Gasteiger partial charge in [-0.1, -0.05) is 24.3 Å². The molecule has 0 atom stereocenters. The van der Waals surface area contributed by atoms with Crippen molar-refractivity contribution in [2.75, 3.05) is 19.0 Å². The molecule has 0 heterocycles. The summed E-state index contributed by atoms with van der Waals surface area (Å²) in [5, 5.41) is 10.6. The van der Waals surface area contributed by atoms with Crippen LogP contribution in [0.2, 0.25) is 0 Å². The van der Waals surface area contributed by atoms with E-state index in [4.69, 9.17) is 0 Å². The lowest BCUT2D eigenvalue weighted by atomic mass is 10.0. The van der Waals surface area contributed by atoms with E-state index in [1.807, 2.05) is 14.1 Å². The molecule has 0 saturated carbocycles. The monoisotopic (exact) mass is 256 g/mol. The highest BCUT2D eigenvalue weighted by molar-refractivity contribution is 5.47. The quantitative estimate of drug-likeness (QED) is 0.623. The van der Waals surface area contributed by atoms with E-state index in [-0.39, 0.29) is 10.6 Å². The van der Waals surface area contributed by atoms with Gasteiger partial charge < -0.3 is 4.90 Å². The van der Waals surface area contributed by atoms with E-state index in [2.05, 4.69) is 29.2 Å². The molecule has 0 fully saturated rings. The third-order valence-electron chi connectivity index (χ3n) is 3.01. The Kier molecular flexibility index (Phi) is 3.80. The van der Waals surface area contributed by atoms with E-state index in [9.17, 15) is 10.1 Å². The van der Waals surface area contributed by atoms with Gasteiger partial charge >= 0.3 is 0 Å². The second-order valence-corrected chi connectivity index (χ2v) is 4.66. The van der Waals surface area contributed by atoms with Crippen LogP contribution >= 0.6 is 0 Å². The van der Waals surface area contributed by atoms with Crippen LogP contribution in [0.4, 0.5) is 11.4 Å². The van der Waals surface area contributed by atoms with E-state index in [1.165, 1.54) is 5.56 Å². The lowest BCUT2D eigenvalue weighted by Gasteiger charge is -2.12. The number of hydrogen-bond acceptors (Lipinski definition) is 3. The standard InChI is InChI=1S/C15H16N2O2/c1-16(2)14-7-3-12(4-8-14)11-13-5-9-15(10-6-13)17(18)19/h3-10H,11H2,1-2H3. The molecule has 0 saturated heterocycles. The summed E-state index contributed by atoms with van der Waals surface area (Å²) in [4.78, 5) is 12.2. The number of rotatable bonds is 4. The third-order valence-corrected chi connectivity index (χ3v) is 3.01. The Hall–Kier alpha value is -2.36. The van der Waals surface area contributed by atoms with Crippen LogP contribution in [0.25, 0.3) is 0 Å². The first kappa shape index (κ1) is 13.1. The normalized spacial score (nSPS) is 10.2. The number of benzene rings is 2. The fourth-order valence-electron chi connectivity index (χ4n) is 1.88. The van der Waals surface area contributed by atoms with Gasteiger partial charge in [0.2, 0.25) is 0 Å². The van der Waals surface area contributed by atoms with Gasteiger partial charge in [0, 0.05) is 31.9 Å². The Balaban J connectivity index is 2.10. The maximum Gasteiger partial charge on any atom is 0.269 e. The van der Waals surface area contributed by atoms with Gasteiger partial charge in [0.25, 0.3) is 5.69 Å². The predicted octanol–water partition coefficient (Wildman–Crippen LogP) is 3.25. The molecule has 0 spiro atoms. The van der Waals surface area contributed by atoms with Gasteiger partial charge in [0.05, 0.1) is 4.92 Å². The SMILES string of the molecule is CN(C)c1ccc(Cc2ccc([N+](=O)[O-])cc2)cc1. The second kappa shape index (κ2) is 5.52. The Bertz CT molecular complexity index is 560. The van der Waals surface area contributed by atoms with Crippen LogP contribution in [0, 0.1) is 10.1 Å². The summed E-state index contributed by atoms with van der Waals surface area (Å²) in [5.41, 5.74) is 3.56. The molecule has 0 N–H and O–H groups in total. The van der Waals surface area contributed by atoms with Crippen molar-refractivity contribution >= 4 is 11.4 Å². The molecule has 0 aliphatic heterocycles. The molecule has 19 heavy (non-hydrogen) atoms. The van der Waals surface area contributed by atoms with Crippen molar-refractivity contribution in [2.24, 2.45) is 0 Å². The maximum absolute atomic E-state index is 10.6. The molecule has 2 aromatic rings. The minimum atomic E-state index is -0.379. The maximum atomic E-state index is 10.6. The first-order valence-corrected chi connectivity index (χ1v) is 6.06. The molecule has 98 valence electrons. The van der Waals surface area contributed by atoms with E-state index in [0.717, 1.165) is 17.7 Å². The zero-order valence-electron chi connectivity index (χ0n) is 11.0. The summed E-state index contributed by atoms with van der Waals surface area (Å²) >= 11 is 0. The van der Waals surface area contributed by atoms with E-state index in [1.54, 1.807) is 24.3 Å². The molecule has 2 aromatic carbocycles. The zero-order valence-corrected chi connectivity index (χ0v) is 11.0. The average molecular weight is 256 g/mol. The molecular weight excluding hydrogens is 240 g/mol. The van der Waals surface area contributed by atoms with Gasteiger partial charge in [0.15, 0.2) is 0 Å². The van der Waals surface area contributed by atoms with Crippen molar-refractivity contribution in [2.45, 2.75) is 6.42 Å². The average Bonchev–Trinajstić information content (AvgIpc) is 2.40. The lowest BCUT2D eigenvalue weighted by Crippen LogP contribution is -2.08. The molecule has 4 heteroatoms. The Labute approximate surface area is 112 Å². The highest BCUT2D eigenvalue weighted by Crippen LogP contribution is 2.17. The van der Waals surface area contributed by atoms with E-state index < -0.39 is 0 Å². The summed E-state index contributed by atoms with van der Waals surface area (Å²) < 4.78 is 0. The molecule has 0 bridgehead atoms. The third kappa shape index (κ3) is 3.31. The molecule has 0 radical (unpaired) electrons. The topological polar surface area (TPSA) is 46.4 Å². The van der Waals surface area contributed by atoms with Gasteiger partial charge in [-0.05, 0) is 29.7 Å². The van der Waals surface area contributed by atoms with Crippen LogP contribution in [0.5, 0.6) is 0 Å². The minimum Gasteiger partial charge on any atom is -0.378 e. The number of hydrogen-bond donors (Lipinski definition) is 0. The van der Waals surface area contributed by atoms with Crippen LogP contribution in [0.15, 0.2) is 48.5 Å². The number of anilines is 1. The van der Waals surface area contributed by atoms with Crippen molar-refractivity contribution in [3.63, 3.8) is 0 Å². The number of nitro groups is 1. The zero-order chi connectivity index (χ0) is 13.8. The molecule has 0 aliphatic carbocycles. The van der Waals surface area contributed by atoms with Crippen molar-refractivity contribution in [1.82, 2.24) is 0 Å². The highest BCUT2D eigenvalue weighted by atomic mass is 16.6. The smallest absolute Gasteiger partial charge is 0.269 e. The van der Waals surface area contributed by atoms with Crippen LogP contribution < -0.4 is 4.90 Å². The molecule has 0 unspecified atom stereocenters. The van der Waals surface area contributed by atoms with E-state index >= 15 is 0 Å². The van der Waals surface area contributed by atoms with Crippen LogP contribution in [0.3, 0.4) is 0 Å². The summed E-state index contributed by atoms with van der Waals surface area (Å²) in [7, 11) is 4.01. The van der Waals surface area contributed by atoms with Gasteiger partial charge in [-0.15, -0.1) is 0 Å². The molecule has 0 amide bonds. The Morgan fingerprint density at radius 2 is 1.42 bits per heavy atom. The molecule has 0 aliphatic rings. The summed E-state index contributed by atoms with van der Waals surface area (Å²) in [6, 6.07) is 15.0. The number of non-ortho nitro benzene ring substituents is 1. The first-order valence-electron chi connectivity index (χ1n) is 6.06. The first-order chi connectivity index (χ1) is 9.06. The van der Waals surface area contributed by atoms with Crippen molar-refractivity contribution < 1.29 is 4.92 Å². The van der Waals surface area contributed by atoms with Gasteiger partial charge in [-0.3, -0.25) is 10.1 Å². The molecular formula is C15H16N2O2. The number of nitrogens with zero attached hydrogens (tertiary/aromatic N) is 2. The van der Waals surface area contributed by atoms with Gasteiger partial charge in [-0.25, -0.2) is 0 Å². The van der Waals surface area contributed by atoms with Crippen LogP contribution in [-0.4, -0.2) is 19.0 Å². The van der Waals surface area contributed by atoms with Crippen LogP contribution in [0.1, 0.15) is 11.1 Å². The molecule has 0 aromatic heterocycles. The molecule has 4 nitrogen and oxygen atoms in total.